The first kappa shape index (κ1) is 12.4. The fourth-order valence-electron chi connectivity index (χ4n) is 1.25. The summed E-state index contributed by atoms with van der Waals surface area (Å²) < 4.78 is 10.7. The Labute approximate surface area is 96.6 Å². The van der Waals surface area contributed by atoms with Crippen LogP contribution in [-0.2, 0) is 0 Å². The van der Waals surface area contributed by atoms with Crippen LogP contribution < -0.4 is 9.47 Å². The Kier molecular flexibility index (Phi) is 4.65. The largest absolute Gasteiger partial charge is 0.497 e. The van der Waals surface area contributed by atoms with Gasteiger partial charge in [-0.2, -0.15) is 5.26 Å². The third-order valence-corrected chi connectivity index (χ3v) is 2.21. The lowest BCUT2D eigenvalue weighted by molar-refractivity contribution is 0.287. The van der Waals surface area contributed by atoms with E-state index in [1.165, 1.54) is 0 Å². The average molecular weight is 219 g/mol. The zero-order valence-electron chi connectivity index (χ0n) is 9.99. The molecule has 1 rings (SSSR count). The lowest BCUT2D eigenvalue weighted by atomic mass is 10.1. The molecule has 0 spiro atoms. The van der Waals surface area contributed by atoms with Crippen molar-refractivity contribution in [1.82, 2.24) is 0 Å². The van der Waals surface area contributed by atoms with E-state index in [2.05, 4.69) is 19.9 Å². The van der Waals surface area contributed by atoms with Crippen molar-refractivity contribution < 1.29 is 9.47 Å². The highest BCUT2D eigenvalue weighted by molar-refractivity contribution is 5.43. The van der Waals surface area contributed by atoms with Crippen molar-refractivity contribution in [3.05, 3.63) is 23.8 Å². The molecule has 0 saturated carbocycles. The lowest BCUT2D eigenvalue weighted by Gasteiger charge is -2.09. The lowest BCUT2D eigenvalue weighted by Crippen LogP contribution is -2.01. The summed E-state index contributed by atoms with van der Waals surface area (Å²) in [5.41, 5.74) is 0.555. The van der Waals surface area contributed by atoms with Gasteiger partial charge >= 0.3 is 0 Å². The molecule has 1 aromatic carbocycles. The highest BCUT2D eigenvalue weighted by atomic mass is 16.5. The maximum absolute atomic E-state index is 8.83. The zero-order valence-corrected chi connectivity index (χ0v) is 9.99. The van der Waals surface area contributed by atoms with Gasteiger partial charge in [0.05, 0.1) is 25.3 Å². The number of nitrogens with zero attached hydrogens (tertiary/aromatic N) is 1. The van der Waals surface area contributed by atoms with Crippen molar-refractivity contribution >= 4 is 0 Å². The molecule has 0 fully saturated rings. The molecule has 0 amide bonds. The predicted molar refractivity (Wildman–Crippen MR) is 62.7 cm³/mol. The Morgan fingerprint density at radius 3 is 2.50 bits per heavy atom. The van der Waals surface area contributed by atoms with Crippen molar-refractivity contribution in [3.8, 4) is 17.6 Å². The Balaban J connectivity index is 2.68. The zero-order chi connectivity index (χ0) is 12.0. The number of methoxy groups -OCH3 is 1. The third-order valence-electron chi connectivity index (χ3n) is 2.21. The molecular formula is C13H17NO2. The number of benzene rings is 1. The molecule has 0 atom stereocenters. The SMILES string of the molecule is COc1cc(C#N)cc(OCCC(C)C)c1. The molecule has 16 heavy (non-hydrogen) atoms. The second-order valence-corrected chi connectivity index (χ2v) is 4.04. The summed E-state index contributed by atoms with van der Waals surface area (Å²) in [4.78, 5) is 0. The molecule has 0 aliphatic heterocycles. The van der Waals surface area contributed by atoms with Crippen molar-refractivity contribution in [2.45, 2.75) is 20.3 Å². The van der Waals surface area contributed by atoms with Gasteiger partial charge in [-0.3, -0.25) is 0 Å². The summed E-state index contributed by atoms with van der Waals surface area (Å²) in [6.07, 6.45) is 0.999. The Bertz CT molecular complexity index is 380. The predicted octanol–water partition coefficient (Wildman–Crippen LogP) is 2.99. The van der Waals surface area contributed by atoms with E-state index in [4.69, 9.17) is 14.7 Å². The van der Waals surface area contributed by atoms with Crippen LogP contribution in [0.3, 0.4) is 0 Å². The Morgan fingerprint density at radius 1 is 1.25 bits per heavy atom. The van der Waals surface area contributed by atoms with E-state index in [9.17, 15) is 0 Å². The van der Waals surface area contributed by atoms with Crippen LogP contribution in [0.5, 0.6) is 11.5 Å². The summed E-state index contributed by atoms with van der Waals surface area (Å²) in [5.74, 6) is 1.95. The van der Waals surface area contributed by atoms with Crippen LogP contribution in [0.25, 0.3) is 0 Å². The van der Waals surface area contributed by atoms with Gasteiger partial charge in [-0.05, 0) is 24.5 Å². The minimum Gasteiger partial charge on any atom is -0.497 e. The van der Waals surface area contributed by atoms with Crippen molar-refractivity contribution in [3.63, 3.8) is 0 Å². The van der Waals surface area contributed by atoms with E-state index in [0.717, 1.165) is 6.42 Å². The van der Waals surface area contributed by atoms with Crippen molar-refractivity contribution in [2.24, 2.45) is 5.92 Å². The second-order valence-electron chi connectivity index (χ2n) is 4.04. The highest BCUT2D eigenvalue weighted by Crippen LogP contribution is 2.22. The molecular weight excluding hydrogens is 202 g/mol. The number of ether oxygens (including phenoxy) is 2. The van der Waals surface area contributed by atoms with Gasteiger partial charge in [-0.25, -0.2) is 0 Å². The molecule has 0 aliphatic rings. The molecule has 0 aliphatic carbocycles. The number of hydrogen-bond acceptors (Lipinski definition) is 3. The highest BCUT2D eigenvalue weighted by Gasteiger charge is 2.02. The molecule has 3 nitrogen and oxygen atoms in total. The number of hydrogen-bond donors (Lipinski definition) is 0. The number of nitriles is 1. The molecule has 0 radical (unpaired) electrons. The van der Waals surface area contributed by atoms with Crippen molar-refractivity contribution in [2.75, 3.05) is 13.7 Å². The standard InChI is InChI=1S/C13H17NO2/c1-10(2)4-5-16-13-7-11(9-14)6-12(8-13)15-3/h6-8,10H,4-5H2,1-3H3. The van der Waals surface area contributed by atoms with Crippen LogP contribution >= 0.6 is 0 Å². The smallest absolute Gasteiger partial charge is 0.124 e. The third kappa shape index (κ3) is 3.82. The minimum absolute atomic E-state index is 0.555. The topological polar surface area (TPSA) is 42.2 Å². The van der Waals surface area contributed by atoms with E-state index in [1.54, 1.807) is 25.3 Å². The van der Waals surface area contributed by atoms with Crippen LogP contribution in [-0.4, -0.2) is 13.7 Å². The van der Waals surface area contributed by atoms with Gasteiger partial charge in [-0.15, -0.1) is 0 Å². The van der Waals surface area contributed by atoms with E-state index < -0.39 is 0 Å². The average Bonchev–Trinajstić information content (AvgIpc) is 2.28. The minimum atomic E-state index is 0.555. The maximum Gasteiger partial charge on any atom is 0.124 e. The second kappa shape index (κ2) is 6.02. The van der Waals surface area contributed by atoms with Crippen molar-refractivity contribution in [1.29, 1.82) is 5.26 Å². The molecule has 3 heteroatoms. The van der Waals surface area contributed by atoms with Crippen LogP contribution in [0.1, 0.15) is 25.8 Å². The van der Waals surface area contributed by atoms with Gasteiger partial charge in [-0.1, -0.05) is 13.8 Å². The number of rotatable bonds is 5. The van der Waals surface area contributed by atoms with E-state index >= 15 is 0 Å². The first-order valence-electron chi connectivity index (χ1n) is 5.37. The van der Waals surface area contributed by atoms with E-state index in [-0.39, 0.29) is 0 Å². The Morgan fingerprint density at radius 2 is 1.94 bits per heavy atom. The van der Waals surface area contributed by atoms with Crippen LogP contribution in [0, 0.1) is 17.2 Å². The van der Waals surface area contributed by atoms with Gasteiger partial charge < -0.3 is 9.47 Å². The quantitative estimate of drug-likeness (QED) is 0.764. The maximum atomic E-state index is 8.83. The Hall–Kier alpha value is -1.69. The molecule has 0 N–H and O–H groups in total. The van der Waals surface area contributed by atoms with Gasteiger partial charge in [0.15, 0.2) is 0 Å². The van der Waals surface area contributed by atoms with E-state index in [0.29, 0.717) is 29.6 Å². The van der Waals surface area contributed by atoms with Crippen LogP contribution in [0.15, 0.2) is 18.2 Å². The summed E-state index contributed by atoms with van der Waals surface area (Å²) in [7, 11) is 1.58. The fourth-order valence-corrected chi connectivity index (χ4v) is 1.25. The molecule has 1 aromatic rings. The summed E-state index contributed by atoms with van der Waals surface area (Å²) in [6.45, 7) is 4.96. The van der Waals surface area contributed by atoms with Gasteiger partial charge in [0.1, 0.15) is 11.5 Å². The summed E-state index contributed by atoms with van der Waals surface area (Å²) in [6, 6.07) is 7.29. The normalized spacial score (nSPS) is 9.94. The molecule has 0 bridgehead atoms. The monoisotopic (exact) mass is 219 g/mol. The summed E-state index contributed by atoms with van der Waals surface area (Å²) in [5, 5.41) is 8.83. The van der Waals surface area contributed by atoms with E-state index in [1.807, 2.05) is 0 Å². The molecule has 86 valence electrons. The van der Waals surface area contributed by atoms with Crippen LogP contribution in [0.4, 0.5) is 0 Å². The molecule has 0 heterocycles. The van der Waals surface area contributed by atoms with Crippen LogP contribution in [0.2, 0.25) is 0 Å². The molecule has 0 saturated heterocycles. The van der Waals surface area contributed by atoms with Gasteiger partial charge in [0, 0.05) is 6.07 Å². The first-order valence-corrected chi connectivity index (χ1v) is 5.37. The molecule has 0 aromatic heterocycles. The molecule has 0 unspecified atom stereocenters. The fraction of sp³-hybridized carbons (Fsp3) is 0.462. The summed E-state index contributed by atoms with van der Waals surface area (Å²) >= 11 is 0. The van der Waals surface area contributed by atoms with Gasteiger partial charge in [0.2, 0.25) is 0 Å². The van der Waals surface area contributed by atoms with Gasteiger partial charge in [0.25, 0.3) is 0 Å². The first-order chi connectivity index (χ1) is 7.65.